The van der Waals surface area contributed by atoms with Crippen molar-refractivity contribution in [3.05, 3.63) is 35.4 Å². The van der Waals surface area contributed by atoms with Crippen molar-refractivity contribution in [1.29, 1.82) is 0 Å². The maximum Gasteiger partial charge on any atom is 0.231 e. The lowest BCUT2D eigenvalue weighted by molar-refractivity contribution is 0.174. The molecule has 0 spiro atoms. The molecule has 0 fully saturated rings. The van der Waals surface area contributed by atoms with E-state index in [2.05, 4.69) is 6.07 Å². The zero-order chi connectivity index (χ0) is 17.8. The van der Waals surface area contributed by atoms with E-state index in [1.54, 1.807) is 21.3 Å². The van der Waals surface area contributed by atoms with Crippen LogP contribution in [0.4, 0.5) is 0 Å². The summed E-state index contributed by atoms with van der Waals surface area (Å²) >= 11 is 0. The van der Waals surface area contributed by atoms with Gasteiger partial charge in [-0.05, 0) is 23.8 Å². The minimum absolute atomic E-state index is 0.252. The van der Waals surface area contributed by atoms with Crippen molar-refractivity contribution in [2.75, 3.05) is 28.1 Å². The van der Waals surface area contributed by atoms with Gasteiger partial charge in [0.25, 0.3) is 0 Å². The Morgan fingerprint density at radius 3 is 2.38 bits per heavy atom. The number of ether oxygens (including phenoxy) is 5. The van der Waals surface area contributed by atoms with Crippen LogP contribution in [0.25, 0.3) is 22.2 Å². The van der Waals surface area contributed by atoms with Gasteiger partial charge in [0.15, 0.2) is 23.0 Å². The number of rotatable bonds is 3. The normalized spacial score (nSPS) is 13.5. The molecule has 6 heteroatoms. The standard InChI is InChI=1S/C20H17NO5/c1-22-17-7-12-13(19(23-2)20(17)24-3)5-11-4-10-6-15-16(26-9-25-15)8-14(10)21-18(11)12/h4,6-8H,5,9H2,1-3H3. The largest absolute Gasteiger partial charge is 0.493 e. The Balaban J connectivity index is 1.75. The number of fused-ring (bicyclic) bond motifs is 5. The van der Waals surface area contributed by atoms with Crippen LogP contribution in [0.2, 0.25) is 0 Å². The van der Waals surface area contributed by atoms with Crippen LogP contribution in [0.5, 0.6) is 28.7 Å². The van der Waals surface area contributed by atoms with E-state index in [1.165, 1.54) is 0 Å². The van der Waals surface area contributed by atoms with E-state index < -0.39 is 0 Å². The van der Waals surface area contributed by atoms with E-state index >= 15 is 0 Å². The van der Waals surface area contributed by atoms with Crippen LogP contribution < -0.4 is 23.7 Å². The van der Waals surface area contributed by atoms with E-state index in [9.17, 15) is 0 Å². The lowest BCUT2D eigenvalue weighted by Crippen LogP contribution is -1.98. The number of hydrogen-bond acceptors (Lipinski definition) is 6. The third kappa shape index (κ3) is 1.95. The summed E-state index contributed by atoms with van der Waals surface area (Å²) in [7, 11) is 4.88. The van der Waals surface area contributed by atoms with Gasteiger partial charge in [0.1, 0.15) is 0 Å². The highest BCUT2D eigenvalue weighted by Gasteiger charge is 2.29. The molecule has 2 aromatic carbocycles. The molecule has 1 aliphatic heterocycles. The zero-order valence-electron chi connectivity index (χ0n) is 14.7. The molecular weight excluding hydrogens is 334 g/mol. The monoisotopic (exact) mass is 351 g/mol. The molecule has 1 aliphatic carbocycles. The van der Waals surface area contributed by atoms with Gasteiger partial charge in [-0.1, -0.05) is 0 Å². The molecule has 26 heavy (non-hydrogen) atoms. The van der Waals surface area contributed by atoms with Crippen molar-refractivity contribution in [3.8, 4) is 40.0 Å². The maximum atomic E-state index is 5.64. The van der Waals surface area contributed by atoms with E-state index in [4.69, 9.17) is 28.7 Å². The summed E-state index contributed by atoms with van der Waals surface area (Å²) in [6.07, 6.45) is 0.728. The summed E-state index contributed by atoms with van der Waals surface area (Å²) in [6, 6.07) is 8.02. The summed E-state index contributed by atoms with van der Waals surface area (Å²) in [5.41, 5.74) is 5.01. The first-order valence-electron chi connectivity index (χ1n) is 8.29. The Labute approximate surface area is 150 Å². The predicted molar refractivity (Wildman–Crippen MR) is 95.8 cm³/mol. The SMILES string of the molecule is COc1cc2c(c(OC)c1OC)Cc1cc3cc4c(cc3nc1-2)OCO4. The number of pyridine rings is 1. The van der Waals surface area contributed by atoms with Crippen LogP contribution >= 0.6 is 0 Å². The molecule has 6 nitrogen and oxygen atoms in total. The zero-order valence-corrected chi connectivity index (χ0v) is 14.7. The van der Waals surface area contributed by atoms with Gasteiger partial charge in [0.2, 0.25) is 12.5 Å². The molecule has 3 aromatic rings. The molecule has 0 bridgehead atoms. The maximum absolute atomic E-state index is 5.64. The highest BCUT2D eigenvalue weighted by atomic mass is 16.7. The van der Waals surface area contributed by atoms with Crippen LogP contribution in [0.1, 0.15) is 11.1 Å². The first-order chi connectivity index (χ1) is 12.7. The predicted octanol–water partition coefficient (Wildman–Crippen LogP) is 3.56. The van der Waals surface area contributed by atoms with Gasteiger partial charge < -0.3 is 23.7 Å². The number of hydrogen-bond donors (Lipinski definition) is 0. The van der Waals surface area contributed by atoms with Crippen LogP contribution in [-0.2, 0) is 6.42 Å². The van der Waals surface area contributed by atoms with E-state index in [0.717, 1.165) is 51.2 Å². The fourth-order valence-corrected chi connectivity index (χ4v) is 3.77. The molecule has 2 heterocycles. The quantitative estimate of drug-likeness (QED) is 0.562. The summed E-state index contributed by atoms with van der Waals surface area (Å²) in [5, 5.41) is 1.03. The Bertz CT molecular complexity index is 1060. The van der Waals surface area contributed by atoms with Crippen LogP contribution in [0, 0.1) is 0 Å². The smallest absolute Gasteiger partial charge is 0.231 e. The first-order valence-corrected chi connectivity index (χ1v) is 8.29. The van der Waals surface area contributed by atoms with Crippen molar-refractivity contribution >= 4 is 10.9 Å². The molecule has 1 aromatic heterocycles. The molecule has 5 rings (SSSR count). The molecule has 0 radical (unpaired) electrons. The van der Waals surface area contributed by atoms with Crippen molar-refractivity contribution in [2.24, 2.45) is 0 Å². The lowest BCUT2D eigenvalue weighted by Gasteiger charge is -2.15. The average molecular weight is 351 g/mol. The Morgan fingerprint density at radius 2 is 1.65 bits per heavy atom. The fourth-order valence-electron chi connectivity index (χ4n) is 3.77. The van der Waals surface area contributed by atoms with Crippen LogP contribution in [0.15, 0.2) is 24.3 Å². The van der Waals surface area contributed by atoms with Gasteiger partial charge in [-0.2, -0.15) is 0 Å². The molecule has 0 saturated carbocycles. The first kappa shape index (κ1) is 15.1. The topological polar surface area (TPSA) is 59.0 Å². The van der Waals surface area contributed by atoms with Crippen molar-refractivity contribution in [1.82, 2.24) is 4.98 Å². The van der Waals surface area contributed by atoms with Gasteiger partial charge in [-0.25, -0.2) is 4.98 Å². The van der Waals surface area contributed by atoms with Gasteiger partial charge in [0.05, 0.1) is 32.5 Å². The number of nitrogens with zero attached hydrogens (tertiary/aromatic N) is 1. The fraction of sp³-hybridized carbons (Fsp3) is 0.250. The molecule has 0 saturated heterocycles. The Kier molecular flexibility index (Phi) is 3.16. The highest BCUT2D eigenvalue weighted by Crippen LogP contribution is 2.50. The van der Waals surface area contributed by atoms with Gasteiger partial charge in [-0.3, -0.25) is 0 Å². The molecule has 132 valence electrons. The summed E-state index contributed by atoms with van der Waals surface area (Å²) in [6.45, 7) is 0.252. The third-order valence-electron chi connectivity index (χ3n) is 4.94. The second-order valence-corrected chi connectivity index (χ2v) is 6.24. The second-order valence-electron chi connectivity index (χ2n) is 6.24. The van der Waals surface area contributed by atoms with Crippen LogP contribution in [0.3, 0.4) is 0 Å². The molecule has 0 unspecified atom stereocenters. The van der Waals surface area contributed by atoms with Crippen molar-refractivity contribution in [2.45, 2.75) is 6.42 Å². The minimum Gasteiger partial charge on any atom is -0.493 e. The van der Waals surface area contributed by atoms with Gasteiger partial charge in [0, 0.05) is 29.0 Å². The molecule has 0 atom stereocenters. The van der Waals surface area contributed by atoms with Gasteiger partial charge in [-0.15, -0.1) is 0 Å². The molecule has 0 amide bonds. The Hall–Kier alpha value is -3.15. The highest BCUT2D eigenvalue weighted by molar-refractivity contribution is 5.90. The van der Waals surface area contributed by atoms with Crippen molar-refractivity contribution < 1.29 is 23.7 Å². The Morgan fingerprint density at radius 1 is 0.885 bits per heavy atom. The van der Waals surface area contributed by atoms with Crippen LogP contribution in [-0.4, -0.2) is 33.1 Å². The van der Waals surface area contributed by atoms with E-state index in [-0.39, 0.29) is 6.79 Å². The number of benzene rings is 2. The number of methoxy groups -OCH3 is 3. The van der Waals surface area contributed by atoms with Gasteiger partial charge >= 0.3 is 0 Å². The van der Waals surface area contributed by atoms with Crippen molar-refractivity contribution in [3.63, 3.8) is 0 Å². The second kappa shape index (κ2) is 5.42. The average Bonchev–Trinajstić information content (AvgIpc) is 3.25. The summed E-state index contributed by atoms with van der Waals surface area (Å²) < 4.78 is 27.6. The molecular formula is C20H17NO5. The molecule has 2 aliphatic rings. The van der Waals surface area contributed by atoms with E-state index in [1.807, 2.05) is 18.2 Å². The lowest BCUT2D eigenvalue weighted by atomic mass is 10.1. The summed E-state index contributed by atoms with van der Waals surface area (Å²) in [5.74, 6) is 3.41. The summed E-state index contributed by atoms with van der Waals surface area (Å²) in [4.78, 5) is 4.89. The van der Waals surface area contributed by atoms with E-state index in [0.29, 0.717) is 17.2 Å². The minimum atomic E-state index is 0.252. The third-order valence-corrected chi connectivity index (χ3v) is 4.94. The number of aromatic nitrogens is 1. The molecule has 0 N–H and O–H groups in total.